The SMILES string of the molecule is CS(=O)(=O)c1cc([N+](=O)[O-])c(NCc2ccccc2F)s1. The van der Waals surface area contributed by atoms with Gasteiger partial charge in [0, 0.05) is 24.4 Å². The largest absolute Gasteiger partial charge is 0.367 e. The van der Waals surface area contributed by atoms with Crippen LogP contribution in [-0.4, -0.2) is 19.6 Å². The highest BCUT2D eigenvalue weighted by Gasteiger charge is 2.23. The number of nitrogens with zero attached hydrogens (tertiary/aromatic N) is 1. The predicted molar refractivity (Wildman–Crippen MR) is 77.8 cm³/mol. The maximum Gasteiger partial charge on any atom is 0.304 e. The number of anilines is 1. The molecule has 0 amide bonds. The molecule has 2 aromatic rings. The van der Waals surface area contributed by atoms with Crippen molar-refractivity contribution in [2.24, 2.45) is 0 Å². The summed E-state index contributed by atoms with van der Waals surface area (Å²) in [6, 6.07) is 7.00. The van der Waals surface area contributed by atoms with Crippen LogP contribution >= 0.6 is 11.3 Å². The first-order valence-corrected chi connectivity index (χ1v) is 8.45. The standard InChI is InChI=1S/C12H11FN2O4S2/c1-21(18,19)11-6-10(15(16)17)12(20-11)14-7-8-4-2-3-5-9(8)13/h2-6,14H,7H2,1H3. The van der Waals surface area contributed by atoms with E-state index in [1.165, 1.54) is 12.1 Å². The zero-order valence-electron chi connectivity index (χ0n) is 10.9. The van der Waals surface area contributed by atoms with Crippen LogP contribution in [0.25, 0.3) is 0 Å². The minimum absolute atomic E-state index is 0.0250. The van der Waals surface area contributed by atoms with Gasteiger partial charge in [-0.3, -0.25) is 10.1 Å². The van der Waals surface area contributed by atoms with Crippen LogP contribution in [0, 0.1) is 15.9 Å². The number of hydrogen-bond donors (Lipinski definition) is 1. The number of rotatable bonds is 5. The molecule has 0 bridgehead atoms. The summed E-state index contributed by atoms with van der Waals surface area (Å²) >= 11 is 0.757. The Balaban J connectivity index is 2.29. The zero-order chi connectivity index (χ0) is 15.6. The fraction of sp³-hybridized carbons (Fsp3) is 0.167. The Morgan fingerprint density at radius 3 is 2.62 bits per heavy atom. The molecule has 0 atom stereocenters. The van der Waals surface area contributed by atoms with Gasteiger partial charge in [-0.15, -0.1) is 0 Å². The molecule has 21 heavy (non-hydrogen) atoms. The summed E-state index contributed by atoms with van der Waals surface area (Å²) < 4.78 is 36.3. The van der Waals surface area contributed by atoms with Gasteiger partial charge >= 0.3 is 5.69 Å². The normalized spacial score (nSPS) is 11.3. The molecule has 0 spiro atoms. The molecule has 0 aliphatic heterocycles. The minimum Gasteiger partial charge on any atom is -0.367 e. The summed E-state index contributed by atoms with van der Waals surface area (Å²) in [6.45, 7) is 0.0250. The molecular weight excluding hydrogens is 319 g/mol. The summed E-state index contributed by atoms with van der Waals surface area (Å²) in [6.07, 6.45) is 0.975. The number of halogens is 1. The van der Waals surface area contributed by atoms with E-state index in [9.17, 15) is 22.9 Å². The molecule has 9 heteroatoms. The van der Waals surface area contributed by atoms with Gasteiger partial charge in [0.25, 0.3) is 0 Å². The number of nitrogens with one attached hydrogen (secondary N) is 1. The van der Waals surface area contributed by atoms with Crippen molar-refractivity contribution in [2.75, 3.05) is 11.6 Å². The second-order valence-corrected chi connectivity index (χ2v) is 7.55. The Bertz CT molecular complexity index is 786. The minimum atomic E-state index is -3.53. The summed E-state index contributed by atoms with van der Waals surface area (Å²) in [7, 11) is -3.53. The topological polar surface area (TPSA) is 89.3 Å². The molecule has 0 radical (unpaired) electrons. The maximum atomic E-state index is 13.5. The third-order valence-electron chi connectivity index (χ3n) is 2.65. The average Bonchev–Trinajstić information content (AvgIpc) is 2.82. The lowest BCUT2D eigenvalue weighted by Gasteiger charge is -2.04. The van der Waals surface area contributed by atoms with Crippen molar-refractivity contribution in [2.45, 2.75) is 10.8 Å². The van der Waals surface area contributed by atoms with E-state index in [4.69, 9.17) is 0 Å². The molecule has 0 saturated heterocycles. The van der Waals surface area contributed by atoms with Crippen LogP contribution in [0.3, 0.4) is 0 Å². The number of nitro groups is 1. The highest BCUT2D eigenvalue weighted by molar-refractivity contribution is 7.92. The summed E-state index contributed by atoms with van der Waals surface area (Å²) in [5.74, 6) is -0.437. The molecule has 6 nitrogen and oxygen atoms in total. The predicted octanol–water partition coefficient (Wildman–Crippen LogP) is 2.81. The lowest BCUT2D eigenvalue weighted by molar-refractivity contribution is -0.383. The van der Waals surface area contributed by atoms with Crippen molar-refractivity contribution < 1.29 is 17.7 Å². The second-order valence-electron chi connectivity index (χ2n) is 4.25. The zero-order valence-corrected chi connectivity index (χ0v) is 12.5. The quantitative estimate of drug-likeness (QED) is 0.672. The van der Waals surface area contributed by atoms with E-state index in [1.807, 2.05) is 0 Å². The molecule has 1 heterocycles. The second kappa shape index (κ2) is 5.78. The van der Waals surface area contributed by atoms with Crippen molar-refractivity contribution in [3.8, 4) is 0 Å². The molecule has 1 N–H and O–H groups in total. The highest BCUT2D eigenvalue weighted by Crippen LogP contribution is 2.37. The monoisotopic (exact) mass is 330 g/mol. The van der Waals surface area contributed by atoms with E-state index in [-0.39, 0.29) is 21.4 Å². The van der Waals surface area contributed by atoms with E-state index >= 15 is 0 Å². The molecule has 0 aliphatic rings. The molecular formula is C12H11FN2O4S2. The first kappa shape index (κ1) is 15.4. The van der Waals surface area contributed by atoms with E-state index in [1.54, 1.807) is 12.1 Å². The van der Waals surface area contributed by atoms with E-state index < -0.39 is 20.6 Å². The molecule has 0 aliphatic carbocycles. The lowest BCUT2D eigenvalue weighted by atomic mass is 10.2. The van der Waals surface area contributed by atoms with Crippen LogP contribution in [0.1, 0.15) is 5.56 Å². The highest BCUT2D eigenvalue weighted by atomic mass is 32.2. The Kier molecular flexibility index (Phi) is 4.24. The molecule has 112 valence electrons. The van der Waals surface area contributed by atoms with Gasteiger partial charge in [0.15, 0.2) is 14.8 Å². The van der Waals surface area contributed by atoms with Gasteiger partial charge in [0.2, 0.25) is 0 Å². The van der Waals surface area contributed by atoms with Crippen LogP contribution in [0.15, 0.2) is 34.5 Å². The smallest absolute Gasteiger partial charge is 0.304 e. The van der Waals surface area contributed by atoms with E-state index in [0.29, 0.717) is 5.56 Å². The number of thiophene rings is 1. The first-order valence-electron chi connectivity index (χ1n) is 5.74. The van der Waals surface area contributed by atoms with Crippen molar-refractivity contribution in [1.82, 2.24) is 0 Å². The van der Waals surface area contributed by atoms with Gasteiger partial charge in [-0.1, -0.05) is 29.5 Å². The van der Waals surface area contributed by atoms with Crippen LogP contribution in [-0.2, 0) is 16.4 Å². The maximum absolute atomic E-state index is 13.5. The van der Waals surface area contributed by atoms with Crippen LogP contribution < -0.4 is 5.32 Å². The summed E-state index contributed by atoms with van der Waals surface area (Å²) in [5, 5.41) is 13.7. The Hall–Kier alpha value is -2.00. The van der Waals surface area contributed by atoms with Crippen LogP contribution in [0.2, 0.25) is 0 Å². The van der Waals surface area contributed by atoms with Gasteiger partial charge in [-0.2, -0.15) is 0 Å². The summed E-state index contributed by atoms with van der Waals surface area (Å²) in [4.78, 5) is 10.3. The van der Waals surface area contributed by atoms with Gasteiger partial charge in [0.1, 0.15) is 10.0 Å². The number of hydrogen-bond acceptors (Lipinski definition) is 6. The van der Waals surface area contributed by atoms with Crippen molar-refractivity contribution in [3.05, 3.63) is 51.8 Å². The van der Waals surface area contributed by atoms with E-state index in [2.05, 4.69) is 5.32 Å². The summed E-state index contributed by atoms with van der Waals surface area (Å²) in [5.41, 5.74) is -0.00197. The fourth-order valence-electron chi connectivity index (χ4n) is 1.62. The number of benzene rings is 1. The third kappa shape index (κ3) is 3.56. The Labute approximate surface area is 124 Å². The van der Waals surface area contributed by atoms with Crippen molar-refractivity contribution >= 4 is 31.9 Å². The molecule has 0 unspecified atom stereocenters. The molecule has 0 fully saturated rings. The third-order valence-corrected chi connectivity index (χ3v) is 5.53. The van der Waals surface area contributed by atoms with E-state index in [0.717, 1.165) is 23.7 Å². The van der Waals surface area contributed by atoms with Crippen LogP contribution in [0.4, 0.5) is 15.1 Å². The Morgan fingerprint density at radius 1 is 1.38 bits per heavy atom. The van der Waals surface area contributed by atoms with Gasteiger partial charge in [-0.05, 0) is 6.07 Å². The fourth-order valence-corrected chi connectivity index (χ4v) is 3.56. The van der Waals surface area contributed by atoms with Gasteiger partial charge in [0.05, 0.1) is 4.92 Å². The first-order chi connectivity index (χ1) is 9.79. The van der Waals surface area contributed by atoms with Crippen LogP contribution in [0.5, 0.6) is 0 Å². The molecule has 2 rings (SSSR count). The van der Waals surface area contributed by atoms with Crippen molar-refractivity contribution in [3.63, 3.8) is 0 Å². The molecule has 1 aromatic heterocycles. The van der Waals surface area contributed by atoms with Gasteiger partial charge < -0.3 is 5.32 Å². The molecule has 1 aromatic carbocycles. The van der Waals surface area contributed by atoms with Crippen molar-refractivity contribution in [1.29, 1.82) is 0 Å². The lowest BCUT2D eigenvalue weighted by Crippen LogP contribution is -2.01. The van der Waals surface area contributed by atoms with Gasteiger partial charge in [-0.25, -0.2) is 12.8 Å². The number of sulfone groups is 1. The molecule has 0 saturated carbocycles. The Morgan fingerprint density at radius 2 is 2.05 bits per heavy atom. The average molecular weight is 330 g/mol.